The molecule has 1 aromatic carbocycles. The van der Waals surface area contributed by atoms with Gasteiger partial charge in [-0.3, -0.25) is 4.79 Å². The van der Waals surface area contributed by atoms with E-state index < -0.39 is 6.86 Å². The van der Waals surface area contributed by atoms with Crippen molar-refractivity contribution in [3.05, 3.63) is 28.8 Å². The Morgan fingerprint density at radius 3 is 2.86 bits per heavy atom. The Kier molecular flexibility index (Phi) is 3.89. The molecule has 4 heteroatoms. The molecule has 0 amide bonds. The summed E-state index contributed by atoms with van der Waals surface area (Å²) < 4.78 is 16.7. The topological polar surface area (TPSA) is 26.3 Å². The molecule has 0 N–H and O–H groups in total. The number of carbonyl (C=O) groups is 1. The molecule has 1 rings (SSSR count). The van der Waals surface area contributed by atoms with Gasteiger partial charge in [0.25, 0.3) is 0 Å². The van der Waals surface area contributed by atoms with Crippen molar-refractivity contribution in [3.63, 3.8) is 0 Å². The average molecular weight is 217 g/mol. The lowest BCUT2D eigenvalue weighted by atomic mass is 10.1. The van der Waals surface area contributed by atoms with Gasteiger partial charge in [0, 0.05) is 17.0 Å². The van der Waals surface area contributed by atoms with Crippen molar-refractivity contribution >= 4 is 17.4 Å². The second-order valence-electron chi connectivity index (χ2n) is 2.85. The Balaban J connectivity index is 3.02. The minimum absolute atomic E-state index is 0.0400. The molecule has 0 heterocycles. The molecule has 1 aromatic rings. The average Bonchev–Trinajstić information content (AvgIpc) is 2.11. The van der Waals surface area contributed by atoms with Crippen LogP contribution in [0.3, 0.4) is 0 Å². The molecule has 0 radical (unpaired) electrons. The van der Waals surface area contributed by atoms with E-state index in [0.29, 0.717) is 16.3 Å². The fourth-order valence-corrected chi connectivity index (χ4v) is 1.39. The van der Waals surface area contributed by atoms with Crippen LogP contribution >= 0.6 is 11.6 Å². The molecule has 0 spiro atoms. The number of hydrogen-bond donors (Lipinski definition) is 0. The van der Waals surface area contributed by atoms with E-state index in [0.717, 1.165) is 0 Å². The fourth-order valence-electron chi connectivity index (χ4n) is 1.15. The summed E-state index contributed by atoms with van der Waals surface area (Å²) in [6.07, 6.45) is 0.162. The Morgan fingerprint density at radius 2 is 2.29 bits per heavy atom. The van der Waals surface area contributed by atoms with Crippen LogP contribution in [0.25, 0.3) is 0 Å². The predicted octanol–water partition coefficient (Wildman–Crippen LogP) is 2.78. The van der Waals surface area contributed by atoms with Crippen LogP contribution in [0.5, 0.6) is 5.75 Å². The summed E-state index contributed by atoms with van der Waals surface area (Å²) in [6.45, 7) is 0.522. The SMILES string of the molecule is CC(=O)Cc1c(Cl)cccc1OCF. The molecule has 0 saturated carbocycles. The van der Waals surface area contributed by atoms with Crippen molar-refractivity contribution in [2.24, 2.45) is 0 Å². The third-order valence-corrected chi connectivity index (χ3v) is 2.07. The first kappa shape index (κ1) is 11.0. The number of Topliss-reactive ketones (excluding diaryl/α,β-unsaturated/α-hetero) is 1. The number of rotatable bonds is 4. The highest BCUT2D eigenvalue weighted by atomic mass is 35.5. The molecule has 0 aliphatic carbocycles. The van der Waals surface area contributed by atoms with Crippen LogP contribution < -0.4 is 4.74 Å². The standard InChI is InChI=1S/C10H10ClFO2/c1-7(13)5-8-9(11)3-2-4-10(8)14-6-12/h2-4H,5-6H2,1H3. The summed E-state index contributed by atoms with van der Waals surface area (Å²) in [6, 6.07) is 4.88. The van der Waals surface area contributed by atoms with E-state index in [4.69, 9.17) is 16.3 Å². The van der Waals surface area contributed by atoms with Crippen molar-refractivity contribution < 1.29 is 13.9 Å². The molecule has 0 aliphatic heterocycles. The number of benzene rings is 1. The first-order valence-electron chi connectivity index (χ1n) is 4.10. The van der Waals surface area contributed by atoms with Crippen LogP contribution in [-0.4, -0.2) is 12.6 Å². The van der Waals surface area contributed by atoms with Gasteiger partial charge in [-0.05, 0) is 19.1 Å². The van der Waals surface area contributed by atoms with Gasteiger partial charge in [-0.25, -0.2) is 4.39 Å². The van der Waals surface area contributed by atoms with Crippen molar-refractivity contribution in [3.8, 4) is 5.75 Å². The summed E-state index contributed by atoms with van der Waals surface area (Å²) >= 11 is 5.85. The number of ether oxygens (including phenoxy) is 1. The van der Waals surface area contributed by atoms with Crippen LogP contribution in [0.2, 0.25) is 5.02 Å². The van der Waals surface area contributed by atoms with E-state index in [1.165, 1.54) is 6.92 Å². The second-order valence-corrected chi connectivity index (χ2v) is 3.26. The zero-order chi connectivity index (χ0) is 10.6. The zero-order valence-electron chi connectivity index (χ0n) is 7.72. The number of alkyl halides is 1. The van der Waals surface area contributed by atoms with Gasteiger partial charge in [0.2, 0.25) is 6.86 Å². The van der Waals surface area contributed by atoms with Crippen molar-refractivity contribution in [1.82, 2.24) is 0 Å². The lowest BCUT2D eigenvalue weighted by molar-refractivity contribution is -0.116. The maximum atomic E-state index is 12.0. The van der Waals surface area contributed by atoms with E-state index in [2.05, 4.69) is 0 Å². The number of halogens is 2. The van der Waals surface area contributed by atoms with Gasteiger partial charge in [0.05, 0.1) is 0 Å². The Labute approximate surface area is 86.6 Å². The monoisotopic (exact) mass is 216 g/mol. The van der Waals surface area contributed by atoms with Gasteiger partial charge < -0.3 is 4.74 Å². The van der Waals surface area contributed by atoms with Crippen LogP contribution in [0.15, 0.2) is 18.2 Å². The number of carbonyl (C=O) groups excluding carboxylic acids is 1. The molecule has 0 fully saturated rings. The van der Waals surface area contributed by atoms with Gasteiger partial charge in [0.1, 0.15) is 11.5 Å². The molecule has 0 saturated heterocycles. The third kappa shape index (κ3) is 2.70. The smallest absolute Gasteiger partial charge is 0.228 e. The maximum absolute atomic E-state index is 12.0. The summed E-state index contributed by atoms with van der Waals surface area (Å²) in [5.74, 6) is 0.289. The van der Waals surface area contributed by atoms with Crippen molar-refractivity contribution in [2.45, 2.75) is 13.3 Å². The first-order chi connectivity index (χ1) is 6.65. The molecule has 0 bridgehead atoms. The largest absolute Gasteiger partial charge is 0.463 e. The molecule has 14 heavy (non-hydrogen) atoms. The zero-order valence-corrected chi connectivity index (χ0v) is 8.47. The molecular weight excluding hydrogens is 207 g/mol. The van der Waals surface area contributed by atoms with Gasteiger partial charge in [0.15, 0.2) is 0 Å². The molecule has 76 valence electrons. The summed E-state index contributed by atoms with van der Waals surface area (Å²) in [5.41, 5.74) is 0.541. The van der Waals surface area contributed by atoms with Gasteiger partial charge >= 0.3 is 0 Å². The third-order valence-electron chi connectivity index (χ3n) is 1.71. The lowest BCUT2D eigenvalue weighted by Crippen LogP contribution is -2.01. The normalized spacial score (nSPS) is 9.93. The highest BCUT2D eigenvalue weighted by Gasteiger charge is 2.09. The Morgan fingerprint density at radius 1 is 1.57 bits per heavy atom. The highest BCUT2D eigenvalue weighted by Crippen LogP contribution is 2.27. The van der Waals surface area contributed by atoms with Crippen LogP contribution in [0, 0.1) is 0 Å². The quantitative estimate of drug-likeness (QED) is 0.774. The fraction of sp³-hybridized carbons (Fsp3) is 0.300. The predicted molar refractivity (Wildman–Crippen MR) is 52.4 cm³/mol. The summed E-state index contributed by atoms with van der Waals surface area (Å²) in [5, 5.41) is 0.422. The Bertz CT molecular complexity index is 339. The van der Waals surface area contributed by atoms with Crippen LogP contribution in [0.4, 0.5) is 4.39 Å². The molecule has 0 unspecified atom stereocenters. The van der Waals surface area contributed by atoms with E-state index >= 15 is 0 Å². The minimum atomic E-state index is -0.925. The summed E-state index contributed by atoms with van der Waals surface area (Å²) in [7, 11) is 0. The van der Waals surface area contributed by atoms with Crippen molar-refractivity contribution in [2.75, 3.05) is 6.86 Å². The van der Waals surface area contributed by atoms with E-state index in [-0.39, 0.29) is 12.2 Å². The van der Waals surface area contributed by atoms with Crippen LogP contribution in [0.1, 0.15) is 12.5 Å². The van der Waals surface area contributed by atoms with E-state index in [1.807, 2.05) is 0 Å². The van der Waals surface area contributed by atoms with Gasteiger partial charge in [-0.15, -0.1) is 0 Å². The lowest BCUT2D eigenvalue weighted by Gasteiger charge is -2.08. The second kappa shape index (κ2) is 4.96. The number of hydrogen-bond acceptors (Lipinski definition) is 2. The van der Waals surface area contributed by atoms with Crippen LogP contribution in [-0.2, 0) is 11.2 Å². The van der Waals surface area contributed by atoms with Crippen molar-refractivity contribution in [1.29, 1.82) is 0 Å². The molecular formula is C10H10ClFO2. The molecule has 0 atom stereocenters. The molecule has 0 aliphatic rings. The highest BCUT2D eigenvalue weighted by molar-refractivity contribution is 6.31. The first-order valence-corrected chi connectivity index (χ1v) is 4.48. The molecule has 0 aromatic heterocycles. The number of ketones is 1. The van der Waals surface area contributed by atoms with E-state index in [9.17, 15) is 9.18 Å². The van der Waals surface area contributed by atoms with Gasteiger partial charge in [-0.1, -0.05) is 17.7 Å². The minimum Gasteiger partial charge on any atom is -0.463 e. The maximum Gasteiger partial charge on any atom is 0.228 e. The van der Waals surface area contributed by atoms with E-state index in [1.54, 1.807) is 18.2 Å². The summed E-state index contributed by atoms with van der Waals surface area (Å²) in [4.78, 5) is 10.9. The van der Waals surface area contributed by atoms with Gasteiger partial charge in [-0.2, -0.15) is 0 Å². The Hall–Kier alpha value is -1.09. The molecule has 2 nitrogen and oxygen atoms in total.